The maximum atomic E-state index is 10.6. The topological polar surface area (TPSA) is 68.2 Å². The van der Waals surface area contributed by atoms with Gasteiger partial charge >= 0.3 is 0 Å². The van der Waals surface area contributed by atoms with Crippen LogP contribution in [0.2, 0.25) is 0 Å². The minimum absolute atomic E-state index is 0.0940. The van der Waals surface area contributed by atoms with Crippen molar-refractivity contribution in [3.63, 3.8) is 0 Å². The third-order valence-electron chi connectivity index (χ3n) is 8.59. The largest absolute Gasteiger partial charge is 0.396 e. The molecule has 3 aliphatic carbocycles. The normalized spacial score (nSPS) is 50.3. The van der Waals surface area contributed by atoms with E-state index in [1.165, 1.54) is 12.0 Å². The standard InChI is InChI=1S/C22H36O5/c1-12(11-23)13-6-7-21(2)8-9-22(3)14(17(13)21)10-15(25-4)16-18(26-5)19(22)27-20(16)24/h12,14-16,18-20,23-24H,6-11H2,1-5H3/t12-,14+,15+,16-,18-,19-,20-,21+,22+/m0/s1. The van der Waals surface area contributed by atoms with Crippen LogP contribution in [0.1, 0.15) is 52.9 Å². The molecule has 2 saturated carbocycles. The average molecular weight is 381 g/mol. The van der Waals surface area contributed by atoms with Crippen molar-refractivity contribution in [2.24, 2.45) is 28.6 Å². The quantitative estimate of drug-likeness (QED) is 0.734. The highest BCUT2D eigenvalue weighted by Gasteiger charge is 2.64. The second-order valence-electron chi connectivity index (χ2n) is 9.88. The van der Waals surface area contributed by atoms with E-state index >= 15 is 0 Å². The molecule has 0 aromatic heterocycles. The number of aliphatic hydroxyl groups is 2. The summed E-state index contributed by atoms with van der Waals surface area (Å²) in [6, 6.07) is 0. The molecule has 2 bridgehead atoms. The lowest BCUT2D eigenvalue weighted by Gasteiger charge is -2.53. The molecule has 1 aliphatic heterocycles. The maximum Gasteiger partial charge on any atom is 0.162 e. The van der Waals surface area contributed by atoms with Crippen LogP contribution in [0.3, 0.4) is 0 Å². The van der Waals surface area contributed by atoms with Crippen LogP contribution in [0.4, 0.5) is 0 Å². The summed E-state index contributed by atoms with van der Waals surface area (Å²) in [4.78, 5) is 0. The average Bonchev–Trinajstić information content (AvgIpc) is 3.15. The van der Waals surface area contributed by atoms with Gasteiger partial charge in [0.1, 0.15) is 0 Å². The van der Waals surface area contributed by atoms with E-state index in [1.54, 1.807) is 19.8 Å². The van der Waals surface area contributed by atoms with Gasteiger partial charge in [0.2, 0.25) is 0 Å². The van der Waals surface area contributed by atoms with E-state index in [-0.39, 0.29) is 47.6 Å². The number of methoxy groups -OCH3 is 2. The molecule has 4 rings (SSSR count). The van der Waals surface area contributed by atoms with Crippen LogP contribution in [-0.4, -0.2) is 55.6 Å². The summed E-state index contributed by atoms with van der Waals surface area (Å²) in [5.41, 5.74) is 3.13. The Labute approximate surface area is 163 Å². The molecule has 5 nitrogen and oxygen atoms in total. The van der Waals surface area contributed by atoms with E-state index in [9.17, 15) is 10.2 Å². The molecule has 9 atom stereocenters. The zero-order chi connectivity index (χ0) is 19.6. The number of hydrogen-bond donors (Lipinski definition) is 2. The molecule has 0 aromatic carbocycles. The van der Waals surface area contributed by atoms with Crippen molar-refractivity contribution in [3.8, 4) is 0 Å². The van der Waals surface area contributed by atoms with Crippen LogP contribution >= 0.6 is 0 Å². The van der Waals surface area contributed by atoms with E-state index < -0.39 is 6.29 Å². The molecule has 1 saturated heterocycles. The van der Waals surface area contributed by atoms with Crippen molar-refractivity contribution in [2.45, 2.75) is 77.5 Å². The van der Waals surface area contributed by atoms with Crippen LogP contribution in [0.5, 0.6) is 0 Å². The first-order valence-corrected chi connectivity index (χ1v) is 10.5. The molecule has 0 spiro atoms. The van der Waals surface area contributed by atoms with Gasteiger partial charge in [-0.15, -0.1) is 0 Å². The lowest BCUT2D eigenvalue weighted by atomic mass is 9.54. The first-order chi connectivity index (χ1) is 12.8. The highest BCUT2D eigenvalue weighted by molar-refractivity contribution is 5.36. The number of ether oxygens (including phenoxy) is 3. The molecule has 0 amide bonds. The molecule has 3 fully saturated rings. The minimum Gasteiger partial charge on any atom is -0.396 e. The van der Waals surface area contributed by atoms with Gasteiger partial charge in [-0.1, -0.05) is 31.9 Å². The van der Waals surface area contributed by atoms with Gasteiger partial charge in [0, 0.05) is 32.2 Å². The Morgan fingerprint density at radius 2 is 1.93 bits per heavy atom. The Hall–Kier alpha value is -0.460. The number of aliphatic hydroxyl groups excluding tert-OH is 2. The van der Waals surface area contributed by atoms with Crippen LogP contribution in [-0.2, 0) is 14.2 Å². The Balaban J connectivity index is 1.84. The van der Waals surface area contributed by atoms with Gasteiger partial charge in [-0.2, -0.15) is 0 Å². The van der Waals surface area contributed by atoms with Gasteiger partial charge in [-0.05, 0) is 43.4 Å². The summed E-state index contributed by atoms with van der Waals surface area (Å²) < 4.78 is 18.0. The Kier molecular flexibility index (Phi) is 5.00. The Morgan fingerprint density at radius 3 is 2.56 bits per heavy atom. The molecule has 2 N–H and O–H groups in total. The number of rotatable bonds is 4. The maximum absolute atomic E-state index is 10.6. The predicted molar refractivity (Wildman–Crippen MR) is 102 cm³/mol. The number of hydrogen-bond acceptors (Lipinski definition) is 5. The lowest BCUT2D eigenvalue weighted by molar-refractivity contribution is -0.180. The summed E-state index contributed by atoms with van der Waals surface area (Å²) in [7, 11) is 3.46. The van der Waals surface area contributed by atoms with Gasteiger partial charge in [-0.25, -0.2) is 0 Å². The summed E-state index contributed by atoms with van der Waals surface area (Å²) in [6.07, 6.45) is 4.15. The highest BCUT2D eigenvalue weighted by atomic mass is 16.6. The zero-order valence-corrected chi connectivity index (χ0v) is 17.4. The number of allylic oxidation sites excluding steroid dienone is 1. The van der Waals surface area contributed by atoms with E-state index in [2.05, 4.69) is 20.8 Å². The van der Waals surface area contributed by atoms with Gasteiger partial charge in [0.25, 0.3) is 0 Å². The molecule has 1 heterocycles. The molecular weight excluding hydrogens is 344 g/mol. The van der Waals surface area contributed by atoms with Crippen molar-refractivity contribution >= 4 is 0 Å². The SMILES string of the molecule is CO[C@H]1[C@H]2[C@@H](O)O[C@@H]1[C@]1(C)CC[C@@]3(C)CCC([C@@H](C)CO)=C3[C@H]1C[C@H]2OC. The second-order valence-corrected chi connectivity index (χ2v) is 9.88. The Morgan fingerprint density at radius 1 is 1.19 bits per heavy atom. The molecule has 154 valence electrons. The van der Waals surface area contributed by atoms with Crippen LogP contribution in [0, 0.1) is 28.6 Å². The highest BCUT2D eigenvalue weighted by Crippen LogP contribution is 2.65. The van der Waals surface area contributed by atoms with Crippen LogP contribution in [0.15, 0.2) is 11.1 Å². The van der Waals surface area contributed by atoms with Gasteiger partial charge in [-0.3, -0.25) is 0 Å². The van der Waals surface area contributed by atoms with Crippen molar-refractivity contribution in [1.82, 2.24) is 0 Å². The third-order valence-corrected chi connectivity index (χ3v) is 8.59. The molecular formula is C22H36O5. The predicted octanol–water partition coefficient (Wildman–Crippen LogP) is 2.89. The molecule has 5 heteroatoms. The molecule has 4 aliphatic rings. The first kappa shape index (κ1) is 19.8. The smallest absolute Gasteiger partial charge is 0.162 e. The number of fused-ring (bicyclic) bond motifs is 6. The van der Waals surface area contributed by atoms with Crippen molar-refractivity contribution in [1.29, 1.82) is 0 Å². The van der Waals surface area contributed by atoms with E-state index in [0.29, 0.717) is 5.92 Å². The summed E-state index contributed by atoms with van der Waals surface area (Å²) in [5.74, 6) is 0.391. The second kappa shape index (κ2) is 6.81. The van der Waals surface area contributed by atoms with Crippen LogP contribution < -0.4 is 0 Å². The lowest BCUT2D eigenvalue weighted by Crippen LogP contribution is -2.50. The van der Waals surface area contributed by atoms with E-state index in [4.69, 9.17) is 14.2 Å². The zero-order valence-electron chi connectivity index (χ0n) is 17.4. The summed E-state index contributed by atoms with van der Waals surface area (Å²) in [5, 5.41) is 20.5. The van der Waals surface area contributed by atoms with Crippen molar-refractivity contribution in [2.75, 3.05) is 20.8 Å². The van der Waals surface area contributed by atoms with Gasteiger partial charge < -0.3 is 24.4 Å². The summed E-state index contributed by atoms with van der Waals surface area (Å²) in [6.45, 7) is 7.09. The van der Waals surface area contributed by atoms with E-state index in [1.807, 2.05) is 0 Å². The fourth-order valence-electron chi connectivity index (χ4n) is 6.90. The van der Waals surface area contributed by atoms with Crippen molar-refractivity contribution in [3.05, 3.63) is 11.1 Å². The molecule has 0 aromatic rings. The third kappa shape index (κ3) is 2.69. The molecule has 0 radical (unpaired) electrons. The summed E-state index contributed by atoms with van der Waals surface area (Å²) >= 11 is 0. The van der Waals surface area contributed by atoms with Crippen molar-refractivity contribution < 1.29 is 24.4 Å². The molecule has 27 heavy (non-hydrogen) atoms. The monoisotopic (exact) mass is 380 g/mol. The Bertz CT molecular complexity index is 618. The minimum atomic E-state index is -0.829. The first-order valence-electron chi connectivity index (χ1n) is 10.5. The van der Waals surface area contributed by atoms with E-state index in [0.717, 1.165) is 25.7 Å². The van der Waals surface area contributed by atoms with Gasteiger partial charge in [0.15, 0.2) is 6.29 Å². The van der Waals surface area contributed by atoms with Crippen LogP contribution in [0.25, 0.3) is 0 Å². The fraction of sp³-hybridized carbons (Fsp3) is 0.909. The van der Waals surface area contributed by atoms with Gasteiger partial charge in [0.05, 0.1) is 24.2 Å². The fourth-order valence-corrected chi connectivity index (χ4v) is 6.90. The molecule has 0 unspecified atom stereocenters.